The van der Waals surface area contributed by atoms with Crippen LogP contribution >= 0.6 is 0 Å². The van der Waals surface area contributed by atoms with Crippen LogP contribution in [0.2, 0.25) is 0 Å². The molecule has 0 unspecified atom stereocenters. The normalized spacial score (nSPS) is 21.7. The lowest BCUT2D eigenvalue weighted by Gasteiger charge is -2.34. The summed E-state index contributed by atoms with van der Waals surface area (Å²) >= 11 is 0. The molecule has 7 heteroatoms. The van der Waals surface area contributed by atoms with Crippen molar-refractivity contribution in [3.05, 3.63) is 42.5 Å². The highest BCUT2D eigenvalue weighted by molar-refractivity contribution is 5.95. The summed E-state index contributed by atoms with van der Waals surface area (Å²) in [6.07, 6.45) is 4.70. The summed E-state index contributed by atoms with van der Waals surface area (Å²) < 4.78 is 7.91. The fourth-order valence-electron chi connectivity index (χ4n) is 3.45. The van der Waals surface area contributed by atoms with Crippen molar-refractivity contribution >= 4 is 17.5 Å². The van der Waals surface area contributed by atoms with Gasteiger partial charge in [-0.15, -0.1) is 0 Å². The molecular weight excluding hydrogens is 320 g/mol. The Morgan fingerprint density at radius 2 is 2.12 bits per heavy atom. The van der Waals surface area contributed by atoms with Gasteiger partial charge in [-0.25, -0.2) is 4.98 Å². The molecule has 3 heterocycles. The Balaban J connectivity index is 1.47. The predicted octanol–water partition coefficient (Wildman–Crippen LogP) is 1.13. The molecule has 2 atom stereocenters. The van der Waals surface area contributed by atoms with Gasteiger partial charge < -0.3 is 19.5 Å². The van der Waals surface area contributed by atoms with Crippen molar-refractivity contribution in [3.8, 4) is 5.75 Å². The minimum atomic E-state index is -0.706. The molecular formula is C18H20N4O3. The van der Waals surface area contributed by atoms with Gasteiger partial charge in [0.15, 0.2) is 6.10 Å². The first kappa shape index (κ1) is 15.7. The molecule has 4 rings (SSSR count). The number of para-hydroxylation sites is 2. The second-order valence-electron chi connectivity index (χ2n) is 6.44. The van der Waals surface area contributed by atoms with Gasteiger partial charge in [0, 0.05) is 38.3 Å². The highest BCUT2D eigenvalue weighted by Gasteiger charge is 2.33. The Morgan fingerprint density at radius 3 is 2.96 bits per heavy atom. The molecule has 130 valence electrons. The zero-order chi connectivity index (χ0) is 17.4. The van der Waals surface area contributed by atoms with Crippen LogP contribution in [0.4, 0.5) is 5.69 Å². The first-order valence-electron chi connectivity index (χ1n) is 8.46. The Morgan fingerprint density at radius 1 is 1.28 bits per heavy atom. The molecule has 0 saturated heterocycles. The number of anilines is 1. The summed E-state index contributed by atoms with van der Waals surface area (Å²) in [5.74, 6) is 1.32. The molecule has 0 bridgehead atoms. The third-order valence-electron chi connectivity index (χ3n) is 4.73. The SMILES string of the molecule is CC(=O)N1C[C@@H](C(=O)N[C@H]2CCc3nccn3C2)Oc2ccccc21. The Kier molecular flexibility index (Phi) is 3.91. The van der Waals surface area contributed by atoms with Crippen molar-refractivity contribution < 1.29 is 14.3 Å². The number of rotatable bonds is 2. The first-order chi connectivity index (χ1) is 12.1. The number of fused-ring (bicyclic) bond motifs is 2. The molecule has 1 N–H and O–H groups in total. The number of carbonyl (C=O) groups is 2. The fraction of sp³-hybridized carbons (Fsp3) is 0.389. The summed E-state index contributed by atoms with van der Waals surface area (Å²) in [4.78, 5) is 30.5. The molecule has 0 spiro atoms. The molecule has 1 aromatic carbocycles. The quantitative estimate of drug-likeness (QED) is 0.889. The van der Waals surface area contributed by atoms with E-state index in [1.807, 2.05) is 24.4 Å². The number of aryl methyl sites for hydroxylation is 1. The maximum atomic E-state index is 12.7. The minimum absolute atomic E-state index is 0.0424. The standard InChI is InChI=1S/C18H20N4O3/c1-12(23)22-11-16(25-15-5-3-2-4-14(15)22)18(24)20-13-6-7-17-19-8-9-21(17)10-13/h2-5,8-9,13,16H,6-7,10-11H2,1H3,(H,20,24)/t13-,16-/m0/s1. The lowest BCUT2D eigenvalue weighted by Crippen LogP contribution is -2.53. The van der Waals surface area contributed by atoms with Gasteiger partial charge in [0.25, 0.3) is 5.91 Å². The van der Waals surface area contributed by atoms with Crippen molar-refractivity contribution in [3.63, 3.8) is 0 Å². The minimum Gasteiger partial charge on any atom is -0.477 e. The van der Waals surface area contributed by atoms with E-state index in [-0.39, 0.29) is 24.4 Å². The third kappa shape index (κ3) is 2.97. The van der Waals surface area contributed by atoms with E-state index in [2.05, 4.69) is 14.9 Å². The van der Waals surface area contributed by atoms with Crippen LogP contribution in [0.1, 0.15) is 19.2 Å². The van der Waals surface area contributed by atoms with E-state index in [4.69, 9.17) is 4.74 Å². The van der Waals surface area contributed by atoms with Crippen LogP contribution in [0.3, 0.4) is 0 Å². The van der Waals surface area contributed by atoms with Crippen LogP contribution in [0.25, 0.3) is 0 Å². The smallest absolute Gasteiger partial charge is 0.263 e. The van der Waals surface area contributed by atoms with Crippen molar-refractivity contribution in [2.24, 2.45) is 0 Å². The van der Waals surface area contributed by atoms with E-state index >= 15 is 0 Å². The second-order valence-corrected chi connectivity index (χ2v) is 6.44. The number of nitrogens with one attached hydrogen (secondary N) is 1. The van der Waals surface area contributed by atoms with Crippen LogP contribution in [-0.4, -0.2) is 40.1 Å². The Bertz CT molecular complexity index is 816. The van der Waals surface area contributed by atoms with E-state index in [1.165, 1.54) is 6.92 Å². The van der Waals surface area contributed by atoms with E-state index < -0.39 is 6.10 Å². The number of imidazole rings is 1. The summed E-state index contributed by atoms with van der Waals surface area (Å²) in [7, 11) is 0. The lowest BCUT2D eigenvalue weighted by molar-refractivity contribution is -0.129. The topological polar surface area (TPSA) is 76.5 Å². The highest BCUT2D eigenvalue weighted by Crippen LogP contribution is 2.33. The number of amides is 2. The number of hydrogen-bond acceptors (Lipinski definition) is 4. The molecule has 0 saturated carbocycles. The van der Waals surface area contributed by atoms with E-state index in [0.29, 0.717) is 18.0 Å². The van der Waals surface area contributed by atoms with Crippen molar-refractivity contribution in [2.45, 2.75) is 38.5 Å². The molecule has 2 aliphatic heterocycles. The van der Waals surface area contributed by atoms with Gasteiger partial charge in [-0.05, 0) is 18.6 Å². The largest absolute Gasteiger partial charge is 0.477 e. The molecule has 25 heavy (non-hydrogen) atoms. The second kappa shape index (κ2) is 6.23. The zero-order valence-electron chi connectivity index (χ0n) is 14.0. The number of aromatic nitrogens is 2. The lowest BCUT2D eigenvalue weighted by atomic mass is 10.1. The molecule has 0 aliphatic carbocycles. The van der Waals surface area contributed by atoms with Crippen molar-refractivity contribution in [2.75, 3.05) is 11.4 Å². The van der Waals surface area contributed by atoms with Crippen molar-refractivity contribution in [1.82, 2.24) is 14.9 Å². The maximum Gasteiger partial charge on any atom is 0.263 e. The van der Waals surface area contributed by atoms with Crippen LogP contribution in [0.15, 0.2) is 36.7 Å². The molecule has 0 fully saturated rings. The predicted molar refractivity (Wildman–Crippen MR) is 91.4 cm³/mol. The van der Waals surface area contributed by atoms with Crippen LogP contribution in [0, 0.1) is 0 Å². The van der Waals surface area contributed by atoms with Gasteiger partial charge >= 0.3 is 0 Å². The summed E-state index contributed by atoms with van der Waals surface area (Å²) in [5, 5.41) is 3.06. The summed E-state index contributed by atoms with van der Waals surface area (Å²) in [6.45, 7) is 2.43. The Labute approximate surface area is 145 Å². The van der Waals surface area contributed by atoms with Crippen LogP contribution in [0.5, 0.6) is 5.75 Å². The average molecular weight is 340 g/mol. The van der Waals surface area contributed by atoms with E-state index in [0.717, 1.165) is 18.7 Å². The fourth-order valence-corrected chi connectivity index (χ4v) is 3.45. The van der Waals surface area contributed by atoms with E-state index in [9.17, 15) is 9.59 Å². The van der Waals surface area contributed by atoms with Crippen LogP contribution < -0.4 is 15.0 Å². The molecule has 7 nitrogen and oxygen atoms in total. The summed E-state index contributed by atoms with van der Waals surface area (Å²) in [6, 6.07) is 7.33. The Hall–Kier alpha value is -2.83. The first-order valence-corrected chi connectivity index (χ1v) is 8.46. The van der Waals surface area contributed by atoms with Gasteiger partial charge in [0.05, 0.1) is 12.2 Å². The molecule has 2 aromatic rings. The molecule has 2 amide bonds. The van der Waals surface area contributed by atoms with Crippen LogP contribution in [-0.2, 0) is 22.6 Å². The van der Waals surface area contributed by atoms with Gasteiger partial charge in [0.2, 0.25) is 5.91 Å². The van der Waals surface area contributed by atoms with Gasteiger partial charge in [0.1, 0.15) is 11.6 Å². The maximum absolute atomic E-state index is 12.7. The zero-order valence-corrected chi connectivity index (χ0v) is 14.0. The van der Waals surface area contributed by atoms with Gasteiger partial charge in [-0.3, -0.25) is 9.59 Å². The van der Waals surface area contributed by atoms with Gasteiger partial charge in [-0.2, -0.15) is 0 Å². The van der Waals surface area contributed by atoms with E-state index in [1.54, 1.807) is 17.2 Å². The number of nitrogens with zero attached hydrogens (tertiary/aromatic N) is 3. The van der Waals surface area contributed by atoms with Crippen molar-refractivity contribution in [1.29, 1.82) is 0 Å². The third-order valence-corrected chi connectivity index (χ3v) is 4.73. The van der Waals surface area contributed by atoms with Gasteiger partial charge in [-0.1, -0.05) is 12.1 Å². The number of hydrogen-bond donors (Lipinski definition) is 1. The summed E-state index contributed by atoms with van der Waals surface area (Å²) in [5.41, 5.74) is 0.708. The number of benzene rings is 1. The molecule has 1 aromatic heterocycles. The monoisotopic (exact) mass is 340 g/mol. The highest BCUT2D eigenvalue weighted by atomic mass is 16.5. The average Bonchev–Trinajstić information content (AvgIpc) is 3.08. The number of ether oxygens (including phenoxy) is 1. The molecule has 0 radical (unpaired) electrons. The number of carbonyl (C=O) groups excluding carboxylic acids is 2. The molecule has 2 aliphatic rings.